The molecule has 1 aromatic carbocycles. The van der Waals surface area contributed by atoms with E-state index in [1.54, 1.807) is 57.0 Å². The minimum atomic E-state index is -0.950. The SMILES string of the molecule is COc1ccc(C(=O)NC(C(=O)OC(C)C(=O)N2CC(C)OC(C)C2)C(C)C)cc1. The highest BCUT2D eigenvalue weighted by atomic mass is 16.6. The van der Waals surface area contributed by atoms with E-state index < -0.39 is 24.0 Å². The summed E-state index contributed by atoms with van der Waals surface area (Å²) in [4.78, 5) is 39.6. The molecule has 1 saturated heterocycles. The van der Waals surface area contributed by atoms with Crippen LogP contribution in [0.5, 0.6) is 5.75 Å². The van der Waals surface area contributed by atoms with E-state index in [-0.39, 0.29) is 24.0 Å². The maximum Gasteiger partial charge on any atom is 0.329 e. The van der Waals surface area contributed by atoms with Crippen molar-refractivity contribution in [2.45, 2.75) is 59.0 Å². The first kappa shape index (κ1) is 23.7. The van der Waals surface area contributed by atoms with Crippen LogP contribution in [0.3, 0.4) is 0 Å². The van der Waals surface area contributed by atoms with Crippen molar-refractivity contribution in [3.8, 4) is 5.75 Å². The quantitative estimate of drug-likeness (QED) is 0.679. The van der Waals surface area contributed by atoms with Crippen LogP contribution in [0.4, 0.5) is 0 Å². The normalized spacial score (nSPS) is 21.0. The van der Waals surface area contributed by atoms with Crippen LogP contribution in [0.25, 0.3) is 0 Å². The van der Waals surface area contributed by atoms with E-state index >= 15 is 0 Å². The average molecular weight is 421 g/mol. The van der Waals surface area contributed by atoms with Gasteiger partial charge in [0.25, 0.3) is 11.8 Å². The highest BCUT2D eigenvalue weighted by molar-refractivity contribution is 5.97. The highest BCUT2D eigenvalue weighted by Gasteiger charge is 2.33. The van der Waals surface area contributed by atoms with Crippen LogP contribution in [-0.4, -0.2) is 67.2 Å². The lowest BCUT2D eigenvalue weighted by molar-refractivity contribution is -0.166. The van der Waals surface area contributed by atoms with Gasteiger partial charge in [-0.05, 0) is 51.0 Å². The molecule has 1 aliphatic rings. The molecule has 1 N–H and O–H groups in total. The van der Waals surface area contributed by atoms with Gasteiger partial charge >= 0.3 is 5.97 Å². The zero-order valence-electron chi connectivity index (χ0n) is 18.5. The molecular formula is C22H32N2O6. The number of methoxy groups -OCH3 is 1. The Morgan fingerprint density at radius 3 is 2.13 bits per heavy atom. The fourth-order valence-electron chi connectivity index (χ4n) is 3.38. The molecule has 1 aromatic rings. The van der Waals surface area contributed by atoms with Gasteiger partial charge in [0.05, 0.1) is 19.3 Å². The summed E-state index contributed by atoms with van der Waals surface area (Å²) < 4.78 is 16.2. The second-order valence-corrected chi connectivity index (χ2v) is 8.00. The molecule has 8 nitrogen and oxygen atoms in total. The highest BCUT2D eigenvalue weighted by Crippen LogP contribution is 2.15. The summed E-state index contributed by atoms with van der Waals surface area (Å²) in [7, 11) is 1.54. The third kappa shape index (κ3) is 6.19. The minimum Gasteiger partial charge on any atom is -0.497 e. The van der Waals surface area contributed by atoms with Gasteiger partial charge in [-0.3, -0.25) is 9.59 Å². The number of esters is 1. The second kappa shape index (κ2) is 10.4. The van der Waals surface area contributed by atoms with Gasteiger partial charge in [-0.15, -0.1) is 0 Å². The molecule has 4 atom stereocenters. The minimum absolute atomic E-state index is 0.0761. The van der Waals surface area contributed by atoms with Crippen LogP contribution in [0.15, 0.2) is 24.3 Å². The molecule has 0 saturated carbocycles. The Labute approximate surface area is 177 Å². The Bertz CT molecular complexity index is 738. The summed E-state index contributed by atoms with van der Waals surface area (Å²) in [5.74, 6) is -0.893. The Kier molecular flexibility index (Phi) is 8.23. The van der Waals surface area contributed by atoms with Gasteiger partial charge in [0, 0.05) is 18.7 Å². The zero-order valence-corrected chi connectivity index (χ0v) is 18.5. The molecule has 0 bridgehead atoms. The Hall–Kier alpha value is -2.61. The molecule has 2 amide bonds. The third-order valence-corrected chi connectivity index (χ3v) is 4.93. The zero-order chi connectivity index (χ0) is 22.4. The number of carbonyl (C=O) groups excluding carboxylic acids is 3. The maximum absolute atomic E-state index is 12.7. The van der Waals surface area contributed by atoms with Crippen LogP contribution < -0.4 is 10.1 Å². The number of hydrogen-bond donors (Lipinski definition) is 1. The number of hydrogen-bond acceptors (Lipinski definition) is 6. The first-order valence-corrected chi connectivity index (χ1v) is 10.2. The Morgan fingerprint density at radius 2 is 1.63 bits per heavy atom. The number of rotatable bonds is 7. The number of ether oxygens (including phenoxy) is 3. The number of nitrogens with one attached hydrogen (secondary N) is 1. The van der Waals surface area contributed by atoms with E-state index in [4.69, 9.17) is 14.2 Å². The summed E-state index contributed by atoms with van der Waals surface area (Å²) in [6.45, 7) is 9.86. The second-order valence-electron chi connectivity index (χ2n) is 8.00. The van der Waals surface area contributed by atoms with E-state index in [0.29, 0.717) is 24.4 Å². The van der Waals surface area contributed by atoms with Crippen molar-refractivity contribution in [3.63, 3.8) is 0 Å². The molecule has 8 heteroatoms. The summed E-state index contributed by atoms with van der Waals surface area (Å²) in [5.41, 5.74) is 0.398. The molecular weight excluding hydrogens is 388 g/mol. The monoisotopic (exact) mass is 420 g/mol. The number of amides is 2. The van der Waals surface area contributed by atoms with Crippen molar-refractivity contribution in [2.75, 3.05) is 20.2 Å². The Morgan fingerprint density at radius 1 is 1.07 bits per heavy atom. The molecule has 1 fully saturated rings. The lowest BCUT2D eigenvalue weighted by Gasteiger charge is -2.36. The van der Waals surface area contributed by atoms with Gasteiger partial charge in [-0.2, -0.15) is 0 Å². The van der Waals surface area contributed by atoms with Crippen LogP contribution in [0.2, 0.25) is 0 Å². The standard InChI is InChI=1S/C22H32N2O6/c1-13(2)19(23-20(25)17-7-9-18(28-6)10-8-17)22(27)30-16(5)21(26)24-11-14(3)29-15(4)12-24/h7-10,13-16,19H,11-12H2,1-6H3,(H,23,25). The lowest BCUT2D eigenvalue weighted by atomic mass is 10.0. The van der Waals surface area contributed by atoms with Gasteiger partial charge < -0.3 is 24.4 Å². The van der Waals surface area contributed by atoms with Crippen molar-refractivity contribution < 1.29 is 28.6 Å². The first-order valence-electron chi connectivity index (χ1n) is 10.2. The molecule has 0 aliphatic carbocycles. The molecule has 1 aliphatic heterocycles. The fraction of sp³-hybridized carbons (Fsp3) is 0.591. The fourth-order valence-corrected chi connectivity index (χ4v) is 3.38. The van der Waals surface area contributed by atoms with Gasteiger partial charge in [-0.25, -0.2) is 4.79 Å². The number of benzene rings is 1. The molecule has 0 aromatic heterocycles. The van der Waals surface area contributed by atoms with E-state index in [0.717, 1.165) is 0 Å². The van der Waals surface area contributed by atoms with Crippen LogP contribution in [-0.2, 0) is 19.1 Å². The first-order chi connectivity index (χ1) is 14.1. The summed E-state index contributed by atoms with van der Waals surface area (Å²) in [6, 6.07) is 5.69. The predicted molar refractivity (Wildman–Crippen MR) is 111 cm³/mol. The smallest absolute Gasteiger partial charge is 0.329 e. The van der Waals surface area contributed by atoms with Gasteiger partial charge in [0.1, 0.15) is 11.8 Å². The summed E-state index contributed by atoms with van der Waals surface area (Å²) in [6.07, 6.45) is -1.10. The number of nitrogens with zero attached hydrogens (tertiary/aromatic N) is 1. The lowest BCUT2D eigenvalue weighted by Crippen LogP contribution is -2.52. The van der Waals surface area contributed by atoms with Crippen LogP contribution in [0.1, 0.15) is 45.0 Å². The molecule has 0 radical (unpaired) electrons. The van der Waals surface area contributed by atoms with Crippen molar-refractivity contribution in [3.05, 3.63) is 29.8 Å². The molecule has 1 heterocycles. The number of morpholine rings is 1. The topological polar surface area (TPSA) is 94.2 Å². The molecule has 2 rings (SSSR count). The van der Waals surface area contributed by atoms with Gasteiger partial charge in [0.15, 0.2) is 6.10 Å². The van der Waals surface area contributed by atoms with E-state index in [9.17, 15) is 14.4 Å². The van der Waals surface area contributed by atoms with Crippen molar-refractivity contribution in [1.29, 1.82) is 0 Å². The largest absolute Gasteiger partial charge is 0.497 e. The van der Waals surface area contributed by atoms with Gasteiger partial charge in [0.2, 0.25) is 0 Å². The van der Waals surface area contributed by atoms with E-state index in [1.807, 2.05) is 13.8 Å². The van der Waals surface area contributed by atoms with Gasteiger partial charge in [-0.1, -0.05) is 13.8 Å². The van der Waals surface area contributed by atoms with Crippen molar-refractivity contribution in [1.82, 2.24) is 10.2 Å². The molecule has 166 valence electrons. The molecule has 0 spiro atoms. The maximum atomic E-state index is 12.7. The van der Waals surface area contributed by atoms with E-state index in [1.165, 1.54) is 0 Å². The molecule has 4 unspecified atom stereocenters. The Balaban J connectivity index is 2.00. The summed E-state index contributed by atoms with van der Waals surface area (Å²) >= 11 is 0. The van der Waals surface area contributed by atoms with Crippen molar-refractivity contribution >= 4 is 17.8 Å². The average Bonchev–Trinajstić information content (AvgIpc) is 2.70. The van der Waals surface area contributed by atoms with Crippen LogP contribution in [0, 0.1) is 5.92 Å². The number of carbonyl (C=O) groups is 3. The summed E-state index contributed by atoms with van der Waals surface area (Å²) in [5, 5.41) is 2.71. The molecule has 30 heavy (non-hydrogen) atoms. The van der Waals surface area contributed by atoms with Crippen molar-refractivity contribution in [2.24, 2.45) is 5.92 Å². The predicted octanol–water partition coefficient (Wildman–Crippen LogP) is 2.02. The van der Waals surface area contributed by atoms with E-state index in [2.05, 4.69) is 5.32 Å². The third-order valence-electron chi connectivity index (χ3n) is 4.93. The van der Waals surface area contributed by atoms with Crippen LogP contribution >= 0.6 is 0 Å².